The van der Waals surface area contributed by atoms with Crippen molar-refractivity contribution in [1.82, 2.24) is 20.1 Å². The molecule has 4 heteroatoms. The summed E-state index contributed by atoms with van der Waals surface area (Å²) in [6.45, 7) is 1.59. The van der Waals surface area contributed by atoms with E-state index in [1.54, 1.807) is 6.20 Å². The summed E-state index contributed by atoms with van der Waals surface area (Å²) in [7, 11) is 1.93. The fraction of sp³-hybridized carbons (Fsp3) is 0.273. The summed E-state index contributed by atoms with van der Waals surface area (Å²) in [6.07, 6.45) is 5.61. The predicted octanol–water partition coefficient (Wildman–Crippen LogP) is 1.05. The fourth-order valence-corrected chi connectivity index (χ4v) is 1.42. The van der Waals surface area contributed by atoms with E-state index < -0.39 is 0 Å². The van der Waals surface area contributed by atoms with E-state index in [1.807, 2.05) is 36.3 Å². The van der Waals surface area contributed by atoms with E-state index >= 15 is 0 Å². The van der Waals surface area contributed by atoms with Crippen LogP contribution in [0.15, 0.2) is 36.8 Å². The summed E-state index contributed by atoms with van der Waals surface area (Å²) in [5, 5.41) is 7.23. The van der Waals surface area contributed by atoms with Crippen LogP contribution in [0.3, 0.4) is 0 Å². The Morgan fingerprint density at radius 2 is 2.33 bits per heavy atom. The smallest absolute Gasteiger partial charge is 0.0831 e. The van der Waals surface area contributed by atoms with Crippen molar-refractivity contribution < 1.29 is 0 Å². The molecule has 1 N–H and O–H groups in total. The van der Waals surface area contributed by atoms with Gasteiger partial charge in [-0.2, -0.15) is 5.10 Å². The molecule has 0 aliphatic heterocycles. The zero-order valence-corrected chi connectivity index (χ0v) is 8.72. The van der Waals surface area contributed by atoms with Crippen LogP contribution in [0.5, 0.6) is 0 Å². The summed E-state index contributed by atoms with van der Waals surface area (Å²) in [5.41, 5.74) is 2.22. The lowest BCUT2D eigenvalue weighted by Crippen LogP contribution is -2.07. The minimum atomic E-state index is 0.729. The van der Waals surface area contributed by atoms with Crippen molar-refractivity contribution in [2.24, 2.45) is 0 Å². The standard InChI is InChI=1S/C11H14N4/c1-12-7-10-3-4-11(13-8-10)9-15-6-2-5-14-15/h2-6,8,12H,7,9H2,1H3. The van der Waals surface area contributed by atoms with Gasteiger partial charge in [-0.3, -0.25) is 9.67 Å². The Balaban J connectivity index is 2.04. The lowest BCUT2D eigenvalue weighted by atomic mass is 10.2. The molecule has 0 unspecified atom stereocenters. The van der Waals surface area contributed by atoms with Gasteiger partial charge in [0.25, 0.3) is 0 Å². The first-order valence-electron chi connectivity index (χ1n) is 4.94. The minimum Gasteiger partial charge on any atom is -0.316 e. The lowest BCUT2D eigenvalue weighted by molar-refractivity contribution is 0.671. The fourth-order valence-electron chi connectivity index (χ4n) is 1.42. The van der Waals surface area contributed by atoms with E-state index in [2.05, 4.69) is 21.5 Å². The highest BCUT2D eigenvalue weighted by atomic mass is 15.3. The molecular formula is C11H14N4. The van der Waals surface area contributed by atoms with Crippen LogP contribution in [0.4, 0.5) is 0 Å². The highest BCUT2D eigenvalue weighted by Crippen LogP contribution is 2.01. The topological polar surface area (TPSA) is 42.7 Å². The first-order chi connectivity index (χ1) is 7.38. The Bertz CT molecular complexity index is 391. The maximum atomic E-state index is 4.37. The number of nitrogens with zero attached hydrogens (tertiary/aromatic N) is 3. The molecule has 2 heterocycles. The third kappa shape index (κ3) is 2.63. The summed E-state index contributed by atoms with van der Waals surface area (Å²) in [5.74, 6) is 0. The summed E-state index contributed by atoms with van der Waals surface area (Å²) >= 11 is 0. The van der Waals surface area contributed by atoms with Crippen LogP contribution in [-0.4, -0.2) is 21.8 Å². The van der Waals surface area contributed by atoms with Crippen LogP contribution in [0, 0.1) is 0 Å². The maximum Gasteiger partial charge on any atom is 0.0831 e. The van der Waals surface area contributed by atoms with Crippen LogP contribution < -0.4 is 5.32 Å². The molecule has 78 valence electrons. The average Bonchev–Trinajstić information content (AvgIpc) is 2.74. The summed E-state index contributed by atoms with van der Waals surface area (Å²) in [4.78, 5) is 4.37. The normalized spacial score (nSPS) is 10.5. The Labute approximate surface area is 89.0 Å². The highest BCUT2D eigenvalue weighted by Gasteiger charge is 1.97. The van der Waals surface area contributed by atoms with Crippen molar-refractivity contribution >= 4 is 0 Å². The maximum absolute atomic E-state index is 4.37. The van der Waals surface area contributed by atoms with Crippen LogP contribution in [0.1, 0.15) is 11.3 Å². The zero-order valence-electron chi connectivity index (χ0n) is 8.72. The van der Waals surface area contributed by atoms with Gasteiger partial charge >= 0.3 is 0 Å². The van der Waals surface area contributed by atoms with Gasteiger partial charge in [-0.1, -0.05) is 6.07 Å². The summed E-state index contributed by atoms with van der Waals surface area (Å²) < 4.78 is 1.86. The largest absolute Gasteiger partial charge is 0.316 e. The van der Waals surface area contributed by atoms with Gasteiger partial charge in [-0.05, 0) is 24.7 Å². The van der Waals surface area contributed by atoms with E-state index in [0.29, 0.717) is 0 Å². The van der Waals surface area contributed by atoms with Crippen molar-refractivity contribution in [3.05, 3.63) is 48.0 Å². The van der Waals surface area contributed by atoms with E-state index in [4.69, 9.17) is 0 Å². The van der Waals surface area contributed by atoms with Gasteiger partial charge in [-0.25, -0.2) is 0 Å². The molecular weight excluding hydrogens is 188 g/mol. The highest BCUT2D eigenvalue weighted by molar-refractivity contribution is 5.14. The van der Waals surface area contributed by atoms with Crippen LogP contribution >= 0.6 is 0 Å². The Morgan fingerprint density at radius 3 is 2.93 bits per heavy atom. The number of pyridine rings is 1. The SMILES string of the molecule is CNCc1ccc(Cn2cccn2)nc1. The molecule has 0 bridgehead atoms. The third-order valence-corrected chi connectivity index (χ3v) is 2.15. The van der Waals surface area contributed by atoms with Gasteiger partial charge in [-0.15, -0.1) is 0 Å². The molecule has 2 rings (SSSR count). The molecule has 0 aliphatic carbocycles. The Morgan fingerprint density at radius 1 is 1.40 bits per heavy atom. The number of nitrogens with one attached hydrogen (secondary N) is 1. The molecule has 0 aliphatic rings. The van der Waals surface area contributed by atoms with Crippen molar-refractivity contribution in [2.75, 3.05) is 7.05 Å². The Kier molecular flexibility index (Phi) is 3.09. The van der Waals surface area contributed by atoms with Crippen LogP contribution in [-0.2, 0) is 13.1 Å². The molecule has 0 saturated heterocycles. The average molecular weight is 202 g/mol. The number of rotatable bonds is 4. The van der Waals surface area contributed by atoms with Gasteiger partial charge in [0, 0.05) is 25.1 Å². The molecule has 2 aromatic rings. The van der Waals surface area contributed by atoms with Gasteiger partial charge < -0.3 is 5.32 Å². The van der Waals surface area contributed by atoms with Gasteiger partial charge in [0.05, 0.1) is 12.2 Å². The van der Waals surface area contributed by atoms with Gasteiger partial charge in [0.2, 0.25) is 0 Å². The number of aromatic nitrogens is 3. The van der Waals surface area contributed by atoms with E-state index in [1.165, 1.54) is 5.56 Å². The minimum absolute atomic E-state index is 0.729. The van der Waals surface area contributed by atoms with Crippen LogP contribution in [0.2, 0.25) is 0 Å². The van der Waals surface area contributed by atoms with Crippen molar-refractivity contribution in [1.29, 1.82) is 0 Å². The molecule has 0 saturated carbocycles. The second-order valence-electron chi connectivity index (χ2n) is 3.39. The monoisotopic (exact) mass is 202 g/mol. The van der Waals surface area contributed by atoms with Crippen molar-refractivity contribution in [3.8, 4) is 0 Å². The molecule has 0 atom stereocenters. The summed E-state index contributed by atoms with van der Waals surface area (Å²) in [6, 6.07) is 6.03. The lowest BCUT2D eigenvalue weighted by Gasteiger charge is -2.03. The zero-order chi connectivity index (χ0) is 10.5. The predicted molar refractivity (Wildman–Crippen MR) is 58.3 cm³/mol. The molecule has 4 nitrogen and oxygen atoms in total. The third-order valence-electron chi connectivity index (χ3n) is 2.15. The van der Waals surface area contributed by atoms with Gasteiger partial charge in [0.15, 0.2) is 0 Å². The first kappa shape index (κ1) is 9.86. The second kappa shape index (κ2) is 4.70. The quantitative estimate of drug-likeness (QED) is 0.805. The molecule has 0 fully saturated rings. The van der Waals surface area contributed by atoms with Crippen LogP contribution in [0.25, 0.3) is 0 Å². The molecule has 0 spiro atoms. The Hall–Kier alpha value is -1.68. The molecule has 15 heavy (non-hydrogen) atoms. The molecule has 0 aromatic carbocycles. The van der Waals surface area contributed by atoms with E-state index in [9.17, 15) is 0 Å². The molecule has 2 aromatic heterocycles. The van der Waals surface area contributed by atoms with Gasteiger partial charge in [0.1, 0.15) is 0 Å². The first-order valence-corrected chi connectivity index (χ1v) is 4.94. The van der Waals surface area contributed by atoms with E-state index in [-0.39, 0.29) is 0 Å². The van der Waals surface area contributed by atoms with Crippen molar-refractivity contribution in [2.45, 2.75) is 13.1 Å². The number of hydrogen-bond donors (Lipinski definition) is 1. The molecule has 0 radical (unpaired) electrons. The van der Waals surface area contributed by atoms with E-state index in [0.717, 1.165) is 18.8 Å². The van der Waals surface area contributed by atoms with Crippen molar-refractivity contribution in [3.63, 3.8) is 0 Å². The second-order valence-corrected chi connectivity index (χ2v) is 3.39. The molecule has 0 amide bonds. The number of hydrogen-bond acceptors (Lipinski definition) is 3.